The smallest absolute Gasteiger partial charge is 0.156 e. The highest BCUT2D eigenvalue weighted by molar-refractivity contribution is 7.98. The van der Waals surface area contributed by atoms with Gasteiger partial charge in [0.2, 0.25) is 0 Å². The van der Waals surface area contributed by atoms with Gasteiger partial charge in [0.15, 0.2) is 5.65 Å². The molecule has 2 N–H and O–H groups in total. The summed E-state index contributed by atoms with van der Waals surface area (Å²) < 4.78 is 16.5. The molecular weight excluding hydrogens is 327 g/mol. The molecule has 4 aromatic rings. The maximum Gasteiger partial charge on any atom is 0.156 e. The Labute approximate surface area is 141 Å². The van der Waals surface area contributed by atoms with Gasteiger partial charge in [0.25, 0.3) is 0 Å². The second-order valence-electron chi connectivity index (χ2n) is 5.40. The van der Waals surface area contributed by atoms with E-state index in [0.29, 0.717) is 21.7 Å². The van der Waals surface area contributed by atoms with E-state index in [1.807, 2.05) is 18.4 Å². The average Bonchev–Trinajstić information content (AvgIpc) is 3.22. The number of halogens is 1. The fourth-order valence-corrected chi connectivity index (χ4v) is 3.59. The van der Waals surface area contributed by atoms with Crippen LogP contribution in [-0.4, -0.2) is 38.1 Å². The second-order valence-corrected chi connectivity index (χ2v) is 6.22. The Morgan fingerprint density at radius 3 is 2.92 bits per heavy atom. The van der Waals surface area contributed by atoms with E-state index in [-0.39, 0.29) is 5.82 Å². The summed E-state index contributed by atoms with van der Waals surface area (Å²) in [5.74, 6) is 0.492. The first-order valence-electron chi connectivity index (χ1n) is 7.37. The highest BCUT2D eigenvalue weighted by atomic mass is 32.2. The number of imidazole rings is 1. The molecule has 3 aromatic heterocycles. The maximum absolute atomic E-state index is 14.8. The lowest BCUT2D eigenvalue weighted by Gasteiger charge is -2.12. The number of benzene rings is 1. The number of aromatic nitrogens is 5. The van der Waals surface area contributed by atoms with Gasteiger partial charge < -0.3 is 5.32 Å². The molecule has 6 nitrogen and oxygen atoms in total. The number of nitrogens with zero attached hydrogens (tertiary/aromatic N) is 4. The summed E-state index contributed by atoms with van der Waals surface area (Å²) in [6.07, 6.45) is 5.37. The third-order valence-corrected chi connectivity index (χ3v) is 4.87. The summed E-state index contributed by atoms with van der Waals surface area (Å²) in [4.78, 5) is 4.95. The van der Waals surface area contributed by atoms with Gasteiger partial charge in [0, 0.05) is 18.0 Å². The number of thioether (sulfide) groups is 1. The number of nitrogens with one attached hydrogen (secondary N) is 2. The van der Waals surface area contributed by atoms with E-state index in [2.05, 4.69) is 25.6 Å². The minimum absolute atomic E-state index is 0.238. The standard InChI is InChI=1S/C16H15FN6S/c1-8-13(9-6-19-21-15(9)16(24-3)14(8)17)10-4-5-12-20-11(18-2)7-23(12)22-10/h4-7,18H,1-3H3,(H,19,21). The summed E-state index contributed by atoms with van der Waals surface area (Å²) in [6, 6.07) is 3.73. The largest absolute Gasteiger partial charge is 0.372 e. The van der Waals surface area contributed by atoms with Crippen LogP contribution >= 0.6 is 11.8 Å². The van der Waals surface area contributed by atoms with Gasteiger partial charge in [0.05, 0.1) is 28.5 Å². The lowest BCUT2D eigenvalue weighted by Crippen LogP contribution is -1.98. The first-order valence-corrected chi connectivity index (χ1v) is 8.60. The summed E-state index contributed by atoms with van der Waals surface area (Å²) in [6.45, 7) is 1.77. The highest BCUT2D eigenvalue weighted by Gasteiger charge is 2.20. The first-order chi connectivity index (χ1) is 11.6. The monoisotopic (exact) mass is 342 g/mol. The van der Waals surface area contributed by atoms with Crippen LogP contribution in [0.25, 0.3) is 27.8 Å². The van der Waals surface area contributed by atoms with Gasteiger partial charge in [0.1, 0.15) is 11.6 Å². The molecule has 0 bridgehead atoms. The average molecular weight is 342 g/mol. The number of anilines is 1. The Morgan fingerprint density at radius 2 is 2.17 bits per heavy atom. The van der Waals surface area contributed by atoms with Crippen molar-refractivity contribution in [3.63, 3.8) is 0 Å². The molecule has 0 unspecified atom stereocenters. The van der Waals surface area contributed by atoms with Gasteiger partial charge in [-0.2, -0.15) is 10.2 Å². The molecule has 0 amide bonds. The molecule has 24 heavy (non-hydrogen) atoms. The molecule has 0 saturated heterocycles. The molecular formula is C16H15FN6S. The molecule has 1 aromatic carbocycles. The Morgan fingerprint density at radius 1 is 1.33 bits per heavy atom. The van der Waals surface area contributed by atoms with Crippen LogP contribution < -0.4 is 5.32 Å². The Bertz CT molecular complexity index is 1070. The zero-order valence-corrected chi connectivity index (χ0v) is 14.2. The van der Waals surface area contributed by atoms with E-state index in [9.17, 15) is 4.39 Å². The molecule has 3 heterocycles. The molecule has 0 aliphatic rings. The molecule has 122 valence electrons. The number of fused-ring (bicyclic) bond motifs is 2. The topological polar surface area (TPSA) is 70.9 Å². The van der Waals surface area contributed by atoms with Gasteiger partial charge in [-0.05, 0) is 30.9 Å². The minimum Gasteiger partial charge on any atom is -0.372 e. The van der Waals surface area contributed by atoms with Crippen molar-refractivity contribution in [3.8, 4) is 11.3 Å². The minimum atomic E-state index is -0.238. The van der Waals surface area contributed by atoms with Crippen molar-refractivity contribution in [2.24, 2.45) is 0 Å². The van der Waals surface area contributed by atoms with Crippen molar-refractivity contribution in [2.75, 3.05) is 18.6 Å². The number of rotatable bonds is 3. The fourth-order valence-electron chi connectivity index (χ4n) is 2.90. The van der Waals surface area contributed by atoms with E-state index in [1.54, 1.807) is 30.9 Å². The first kappa shape index (κ1) is 14.9. The normalized spacial score (nSPS) is 11.5. The van der Waals surface area contributed by atoms with Crippen LogP contribution in [-0.2, 0) is 0 Å². The van der Waals surface area contributed by atoms with Crippen LogP contribution in [0, 0.1) is 12.7 Å². The van der Waals surface area contributed by atoms with E-state index in [0.717, 1.165) is 22.4 Å². The third kappa shape index (κ3) is 2.06. The highest BCUT2D eigenvalue weighted by Crippen LogP contribution is 2.38. The number of hydrogen-bond acceptors (Lipinski definition) is 5. The van der Waals surface area contributed by atoms with Crippen LogP contribution in [0.2, 0.25) is 0 Å². The van der Waals surface area contributed by atoms with Crippen LogP contribution in [0.1, 0.15) is 5.56 Å². The maximum atomic E-state index is 14.8. The number of H-pyrrole nitrogens is 1. The number of hydrogen-bond donors (Lipinski definition) is 2. The number of aromatic amines is 1. The van der Waals surface area contributed by atoms with Gasteiger partial charge in [-0.1, -0.05) is 0 Å². The molecule has 8 heteroatoms. The van der Waals surface area contributed by atoms with Crippen molar-refractivity contribution < 1.29 is 4.39 Å². The zero-order chi connectivity index (χ0) is 16.8. The quantitative estimate of drug-likeness (QED) is 0.558. The molecule has 0 radical (unpaired) electrons. The Balaban J connectivity index is 2.02. The van der Waals surface area contributed by atoms with Gasteiger partial charge in [-0.15, -0.1) is 11.8 Å². The van der Waals surface area contributed by atoms with Crippen LogP contribution in [0.4, 0.5) is 10.2 Å². The molecule has 0 spiro atoms. The van der Waals surface area contributed by atoms with Crippen LogP contribution in [0.5, 0.6) is 0 Å². The summed E-state index contributed by atoms with van der Waals surface area (Å²) in [5, 5.41) is 15.4. The van der Waals surface area contributed by atoms with E-state index in [1.165, 1.54) is 11.8 Å². The third-order valence-electron chi connectivity index (χ3n) is 4.08. The van der Waals surface area contributed by atoms with Crippen LogP contribution in [0.15, 0.2) is 29.4 Å². The van der Waals surface area contributed by atoms with Crippen molar-refractivity contribution in [1.82, 2.24) is 24.8 Å². The lowest BCUT2D eigenvalue weighted by molar-refractivity contribution is 0.596. The fraction of sp³-hybridized carbons (Fsp3) is 0.188. The molecule has 0 aliphatic carbocycles. The summed E-state index contributed by atoms with van der Waals surface area (Å²) >= 11 is 1.37. The molecule has 0 saturated carbocycles. The molecule has 0 aliphatic heterocycles. The molecule has 4 rings (SSSR count). The van der Waals surface area contributed by atoms with Gasteiger partial charge in [-0.3, -0.25) is 5.10 Å². The van der Waals surface area contributed by atoms with E-state index in [4.69, 9.17) is 0 Å². The van der Waals surface area contributed by atoms with Gasteiger partial charge in [-0.25, -0.2) is 13.9 Å². The van der Waals surface area contributed by atoms with E-state index < -0.39 is 0 Å². The van der Waals surface area contributed by atoms with Crippen molar-refractivity contribution in [1.29, 1.82) is 0 Å². The van der Waals surface area contributed by atoms with Crippen LogP contribution in [0.3, 0.4) is 0 Å². The van der Waals surface area contributed by atoms with E-state index >= 15 is 0 Å². The summed E-state index contributed by atoms with van der Waals surface area (Å²) in [7, 11) is 1.80. The zero-order valence-electron chi connectivity index (χ0n) is 13.4. The second kappa shape index (κ2) is 5.48. The predicted octanol–water partition coefficient (Wildman–Crippen LogP) is 3.48. The lowest BCUT2D eigenvalue weighted by atomic mass is 10.0. The van der Waals surface area contributed by atoms with Crippen molar-refractivity contribution in [3.05, 3.63) is 35.9 Å². The van der Waals surface area contributed by atoms with Crippen molar-refractivity contribution in [2.45, 2.75) is 11.8 Å². The Hall–Kier alpha value is -2.61. The van der Waals surface area contributed by atoms with Gasteiger partial charge >= 0.3 is 0 Å². The SMILES string of the molecule is CNc1cn2nc(-c3c(C)c(F)c(SC)c4[nH]ncc34)ccc2n1. The predicted molar refractivity (Wildman–Crippen MR) is 94.1 cm³/mol. The molecule has 0 atom stereocenters. The summed E-state index contributed by atoms with van der Waals surface area (Å²) in [5.41, 5.74) is 3.41. The van der Waals surface area contributed by atoms with Crippen molar-refractivity contribution >= 4 is 34.1 Å². The molecule has 0 fully saturated rings. The Kier molecular flexibility index (Phi) is 3.42.